The van der Waals surface area contributed by atoms with Crippen molar-refractivity contribution in [3.8, 4) is 11.3 Å². The number of carbonyl (C=O) groups is 1. The van der Waals surface area contributed by atoms with Gasteiger partial charge >= 0.3 is 6.18 Å². The highest BCUT2D eigenvalue weighted by Gasteiger charge is 2.31. The SMILES string of the molecule is CC(CO)(CO)NS(=O)(=O)c1cccc(NC(=O)c2cnn3c(C(F)F)cc(-c4ccc(C(F)(F)F)cc4)nc23)c1. The molecule has 1 amide bonds. The summed E-state index contributed by atoms with van der Waals surface area (Å²) in [5.74, 6) is -0.893. The lowest BCUT2D eigenvalue weighted by molar-refractivity contribution is -0.137. The summed E-state index contributed by atoms with van der Waals surface area (Å²) in [5, 5.41) is 25.1. The van der Waals surface area contributed by atoms with Crippen molar-refractivity contribution in [2.45, 2.75) is 30.0 Å². The number of halogens is 5. The van der Waals surface area contributed by atoms with Crippen LogP contribution in [0.3, 0.4) is 0 Å². The maximum Gasteiger partial charge on any atom is 0.416 e. The van der Waals surface area contributed by atoms with Gasteiger partial charge in [0.25, 0.3) is 12.3 Å². The summed E-state index contributed by atoms with van der Waals surface area (Å²) in [4.78, 5) is 17.0. The quantitative estimate of drug-likeness (QED) is 0.215. The minimum atomic E-state index is -4.61. The molecule has 2 aromatic carbocycles. The summed E-state index contributed by atoms with van der Waals surface area (Å²) in [6.07, 6.45) is -6.72. The van der Waals surface area contributed by atoms with Crippen LogP contribution in [0, 0.1) is 0 Å². The Morgan fingerprint density at radius 2 is 1.71 bits per heavy atom. The zero-order chi connectivity index (χ0) is 30.2. The van der Waals surface area contributed by atoms with Crippen molar-refractivity contribution >= 4 is 27.3 Å². The molecule has 0 radical (unpaired) electrons. The maximum absolute atomic E-state index is 13.9. The second-order valence-electron chi connectivity index (χ2n) is 9.20. The number of rotatable bonds is 9. The first-order valence-electron chi connectivity index (χ1n) is 11.7. The molecule has 0 atom stereocenters. The zero-order valence-corrected chi connectivity index (χ0v) is 21.8. The fourth-order valence-corrected chi connectivity index (χ4v) is 5.15. The largest absolute Gasteiger partial charge is 0.416 e. The number of hydrogen-bond acceptors (Lipinski definition) is 7. The Morgan fingerprint density at radius 3 is 2.29 bits per heavy atom. The van der Waals surface area contributed by atoms with Crippen molar-refractivity contribution in [3.63, 3.8) is 0 Å². The molecule has 16 heteroatoms. The first-order valence-corrected chi connectivity index (χ1v) is 13.2. The van der Waals surface area contributed by atoms with Gasteiger partial charge in [0.05, 0.1) is 41.1 Å². The molecular weight excluding hydrogens is 577 g/mol. The Hall–Kier alpha value is -3.99. The Morgan fingerprint density at radius 1 is 1.05 bits per heavy atom. The van der Waals surface area contributed by atoms with Crippen LogP contribution in [0.15, 0.2) is 65.7 Å². The van der Waals surface area contributed by atoms with Gasteiger partial charge in [0.2, 0.25) is 10.0 Å². The molecule has 0 spiro atoms. The van der Waals surface area contributed by atoms with Gasteiger partial charge in [-0.3, -0.25) is 4.79 Å². The summed E-state index contributed by atoms with van der Waals surface area (Å²) >= 11 is 0. The number of fused-ring (bicyclic) bond motifs is 1. The molecule has 4 rings (SSSR count). The van der Waals surface area contributed by atoms with E-state index in [2.05, 4.69) is 20.1 Å². The van der Waals surface area contributed by atoms with Crippen molar-refractivity contribution in [2.24, 2.45) is 0 Å². The molecule has 0 saturated heterocycles. The number of benzene rings is 2. The fraction of sp³-hybridized carbons (Fsp3) is 0.240. The third kappa shape index (κ3) is 6.35. The van der Waals surface area contributed by atoms with Gasteiger partial charge in [-0.25, -0.2) is 31.4 Å². The topological polar surface area (TPSA) is 146 Å². The van der Waals surface area contributed by atoms with Gasteiger partial charge in [-0.05, 0) is 43.3 Å². The minimum absolute atomic E-state index is 0.0140. The molecule has 0 fully saturated rings. The molecule has 218 valence electrons. The van der Waals surface area contributed by atoms with Crippen molar-refractivity contribution in [2.75, 3.05) is 18.5 Å². The van der Waals surface area contributed by atoms with E-state index in [1.807, 2.05) is 0 Å². The van der Waals surface area contributed by atoms with Crippen LogP contribution in [0.25, 0.3) is 16.9 Å². The lowest BCUT2D eigenvalue weighted by atomic mass is 10.1. The summed E-state index contributed by atoms with van der Waals surface area (Å²) in [6.45, 7) is -0.118. The lowest BCUT2D eigenvalue weighted by Gasteiger charge is -2.25. The molecule has 0 saturated carbocycles. The summed E-state index contributed by atoms with van der Waals surface area (Å²) in [7, 11) is -4.26. The number of anilines is 1. The number of sulfonamides is 1. The lowest BCUT2D eigenvalue weighted by Crippen LogP contribution is -2.51. The number of aliphatic hydroxyl groups is 2. The number of amides is 1. The van der Waals surface area contributed by atoms with E-state index < -0.39 is 58.5 Å². The molecule has 0 unspecified atom stereocenters. The van der Waals surface area contributed by atoms with Gasteiger partial charge < -0.3 is 15.5 Å². The van der Waals surface area contributed by atoms with Crippen LogP contribution in [0.4, 0.5) is 27.6 Å². The van der Waals surface area contributed by atoms with E-state index in [-0.39, 0.29) is 33.1 Å². The van der Waals surface area contributed by atoms with E-state index in [4.69, 9.17) is 0 Å². The number of hydrogen-bond donors (Lipinski definition) is 4. The Bertz CT molecular complexity index is 1690. The van der Waals surface area contributed by atoms with E-state index in [1.165, 1.54) is 25.1 Å². The molecule has 41 heavy (non-hydrogen) atoms. The van der Waals surface area contributed by atoms with Crippen molar-refractivity contribution in [1.82, 2.24) is 19.3 Å². The highest BCUT2D eigenvalue weighted by atomic mass is 32.2. The number of alkyl halides is 5. The third-order valence-corrected chi connectivity index (χ3v) is 7.59. The van der Waals surface area contributed by atoms with Gasteiger partial charge in [-0.1, -0.05) is 18.2 Å². The molecule has 10 nitrogen and oxygen atoms in total. The standard InChI is InChI=1S/C25H22F5N5O5S/c1-24(12-36,13-37)34-41(39,40)17-4-2-3-16(9-17)32-23(38)18-11-31-35-20(21(26)27)10-19(33-22(18)35)14-5-7-15(8-6-14)25(28,29)30/h2-11,21,34,36-37H,12-13H2,1H3,(H,32,38). The summed E-state index contributed by atoms with van der Waals surface area (Å²) in [5.41, 5.74) is -3.84. The normalized spacial score (nSPS) is 12.7. The van der Waals surface area contributed by atoms with Crippen LogP contribution in [0.2, 0.25) is 0 Å². The Kier molecular flexibility index (Phi) is 8.13. The highest BCUT2D eigenvalue weighted by molar-refractivity contribution is 7.89. The van der Waals surface area contributed by atoms with Gasteiger partial charge in [-0.2, -0.15) is 18.3 Å². The van der Waals surface area contributed by atoms with Crippen molar-refractivity contribution in [3.05, 3.63) is 77.6 Å². The van der Waals surface area contributed by atoms with Crippen LogP contribution < -0.4 is 10.0 Å². The van der Waals surface area contributed by atoms with E-state index in [1.54, 1.807) is 0 Å². The van der Waals surface area contributed by atoms with Crippen LogP contribution in [0.1, 0.15) is 35.0 Å². The molecule has 0 aliphatic carbocycles. The average molecular weight is 600 g/mol. The molecular formula is C25H22F5N5O5S. The van der Waals surface area contributed by atoms with Gasteiger partial charge in [0.1, 0.15) is 11.3 Å². The number of carbonyl (C=O) groups excluding carboxylic acids is 1. The van der Waals surface area contributed by atoms with Crippen molar-refractivity contribution in [1.29, 1.82) is 0 Å². The predicted molar refractivity (Wildman–Crippen MR) is 136 cm³/mol. The Labute approximate surface area is 229 Å². The van der Waals surface area contributed by atoms with Crippen LogP contribution in [-0.2, 0) is 16.2 Å². The molecule has 2 aromatic heterocycles. The first-order chi connectivity index (χ1) is 19.2. The third-order valence-electron chi connectivity index (χ3n) is 5.96. The number of nitrogens with one attached hydrogen (secondary N) is 2. The second-order valence-corrected chi connectivity index (χ2v) is 10.9. The average Bonchev–Trinajstić information content (AvgIpc) is 3.36. The molecule has 4 N–H and O–H groups in total. The number of aliphatic hydroxyl groups excluding tert-OH is 2. The van der Waals surface area contributed by atoms with E-state index in [9.17, 15) is 45.4 Å². The smallest absolute Gasteiger partial charge is 0.394 e. The van der Waals surface area contributed by atoms with Crippen molar-refractivity contribution < 1.29 is 45.4 Å². The number of nitrogens with zero attached hydrogens (tertiary/aromatic N) is 3. The number of aromatic nitrogens is 3. The summed E-state index contributed by atoms with van der Waals surface area (Å²) in [6, 6.07) is 9.57. The van der Waals surface area contributed by atoms with E-state index in [0.29, 0.717) is 0 Å². The maximum atomic E-state index is 13.9. The van der Waals surface area contributed by atoms with Crippen LogP contribution >= 0.6 is 0 Å². The first kappa shape index (κ1) is 30.0. The summed E-state index contributed by atoms with van der Waals surface area (Å²) < 4.78 is 95.0. The molecule has 0 aliphatic rings. The molecule has 0 aliphatic heterocycles. The Balaban J connectivity index is 1.69. The molecule has 2 heterocycles. The van der Waals surface area contributed by atoms with Crippen LogP contribution in [0.5, 0.6) is 0 Å². The molecule has 0 bridgehead atoms. The monoisotopic (exact) mass is 599 g/mol. The predicted octanol–water partition coefficient (Wildman–Crippen LogP) is 3.63. The fourth-order valence-electron chi connectivity index (χ4n) is 3.72. The van der Waals surface area contributed by atoms with E-state index >= 15 is 0 Å². The second kappa shape index (κ2) is 11.1. The molecule has 4 aromatic rings. The van der Waals surface area contributed by atoms with Gasteiger partial charge in [0, 0.05) is 11.3 Å². The minimum Gasteiger partial charge on any atom is -0.394 e. The van der Waals surface area contributed by atoms with E-state index in [0.717, 1.165) is 47.1 Å². The highest BCUT2D eigenvalue weighted by Crippen LogP contribution is 2.32. The van der Waals surface area contributed by atoms with Gasteiger partial charge in [-0.15, -0.1) is 0 Å². The zero-order valence-electron chi connectivity index (χ0n) is 21.0. The van der Waals surface area contributed by atoms with Gasteiger partial charge in [0.15, 0.2) is 5.65 Å². The van der Waals surface area contributed by atoms with Crippen LogP contribution in [-0.4, -0.2) is 57.9 Å².